The van der Waals surface area contributed by atoms with Crippen LogP contribution in [0.1, 0.15) is 36.7 Å². The first-order valence-electron chi connectivity index (χ1n) is 9.38. The lowest BCUT2D eigenvalue weighted by molar-refractivity contribution is 0.102. The van der Waals surface area contributed by atoms with Crippen molar-refractivity contribution >= 4 is 34.3 Å². The van der Waals surface area contributed by atoms with Crippen molar-refractivity contribution in [2.75, 3.05) is 5.32 Å². The number of halogens is 1. The molecule has 0 unspecified atom stereocenters. The average molecular weight is 405 g/mol. The molecule has 1 aromatic heterocycles. The van der Waals surface area contributed by atoms with Gasteiger partial charge in [0.1, 0.15) is 5.52 Å². The average Bonchev–Trinajstić information content (AvgIpc) is 3.11. The van der Waals surface area contributed by atoms with E-state index in [4.69, 9.17) is 16.0 Å². The van der Waals surface area contributed by atoms with Crippen molar-refractivity contribution in [3.05, 3.63) is 82.9 Å². The molecule has 5 heteroatoms. The van der Waals surface area contributed by atoms with Crippen LogP contribution in [-0.2, 0) is 5.41 Å². The number of oxazole rings is 1. The van der Waals surface area contributed by atoms with Crippen LogP contribution in [0.4, 0.5) is 5.69 Å². The Hall–Kier alpha value is -3.11. The number of aromatic nitrogens is 1. The van der Waals surface area contributed by atoms with Gasteiger partial charge >= 0.3 is 0 Å². The van der Waals surface area contributed by atoms with Crippen molar-refractivity contribution in [2.45, 2.75) is 26.2 Å². The van der Waals surface area contributed by atoms with Gasteiger partial charge in [0, 0.05) is 21.8 Å². The lowest BCUT2D eigenvalue weighted by Gasteiger charge is -2.19. The van der Waals surface area contributed by atoms with Crippen molar-refractivity contribution in [1.82, 2.24) is 4.98 Å². The summed E-state index contributed by atoms with van der Waals surface area (Å²) in [7, 11) is 0. The summed E-state index contributed by atoms with van der Waals surface area (Å²) in [5.41, 5.74) is 4.69. The number of hydrogen-bond donors (Lipinski definition) is 1. The fourth-order valence-corrected chi connectivity index (χ4v) is 3.17. The van der Waals surface area contributed by atoms with E-state index in [0.717, 1.165) is 5.56 Å². The first-order valence-corrected chi connectivity index (χ1v) is 9.76. The largest absolute Gasteiger partial charge is 0.436 e. The Morgan fingerprint density at radius 3 is 2.31 bits per heavy atom. The Kier molecular flexibility index (Phi) is 4.89. The molecule has 0 aliphatic rings. The van der Waals surface area contributed by atoms with Gasteiger partial charge in [-0.05, 0) is 65.6 Å². The Labute approximate surface area is 174 Å². The predicted octanol–water partition coefficient (Wildman–Crippen LogP) is 6.70. The highest BCUT2D eigenvalue weighted by Crippen LogP contribution is 2.27. The number of nitrogens with one attached hydrogen (secondary N) is 1. The second kappa shape index (κ2) is 7.37. The third-order valence-electron chi connectivity index (χ3n) is 4.75. The van der Waals surface area contributed by atoms with Gasteiger partial charge in [-0.25, -0.2) is 4.98 Å². The van der Waals surface area contributed by atoms with Crippen LogP contribution in [0.25, 0.3) is 22.6 Å². The van der Waals surface area contributed by atoms with Crippen molar-refractivity contribution < 1.29 is 9.21 Å². The van der Waals surface area contributed by atoms with Crippen LogP contribution in [0.15, 0.2) is 71.1 Å². The van der Waals surface area contributed by atoms with E-state index in [1.54, 1.807) is 30.3 Å². The van der Waals surface area contributed by atoms with E-state index in [-0.39, 0.29) is 11.3 Å². The molecular weight excluding hydrogens is 384 g/mol. The summed E-state index contributed by atoms with van der Waals surface area (Å²) >= 11 is 5.94. The molecule has 0 spiro atoms. The molecule has 4 nitrogen and oxygen atoms in total. The fraction of sp³-hybridized carbons (Fsp3) is 0.167. The maximum absolute atomic E-state index is 12.6. The van der Waals surface area contributed by atoms with Crippen LogP contribution in [-0.4, -0.2) is 10.9 Å². The van der Waals surface area contributed by atoms with E-state index in [0.29, 0.717) is 33.3 Å². The van der Waals surface area contributed by atoms with Crippen LogP contribution in [0, 0.1) is 0 Å². The molecule has 146 valence electrons. The molecular formula is C24H21ClN2O2. The topological polar surface area (TPSA) is 55.1 Å². The highest BCUT2D eigenvalue weighted by atomic mass is 35.5. The first-order chi connectivity index (χ1) is 13.8. The molecule has 0 aliphatic carbocycles. The smallest absolute Gasteiger partial charge is 0.255 e. The van der Waals surface area contributed by atoms with Gasteiger partial charge in [-0.2, -0.15) is 0 Å². The molecule has 1 heterocycles. The minimum atomic E-state index is -0.161. The quantitative estimate of drug-likeness (QED) is 0.413. The molecule has 29 heavy (non-hydrogen) atoms. The lowest BCUT2D eigenvalue weighted by Crippen LogP contribution is -2.14. The van der Waals surface area contributed by atoms with Gasteiger partial charge in [-0.1, -0.05) is 44.5 Å². The SMILES string of the molecule is CC(C)(C)c1ccc(C(=O)Nc2ccc3oc(-c4ccc(Cl)cc4)nc3c2)cc1. The zero-order chi connectivity index (χ0) is 20.6. The minimum Gasteiger partial charge on any atom is -0.436 e. The highest BCUT2D eigenvalue weighted by Gasteiger charge is 2.15. The predicted molar refractivity (Wildman–Crippen MR) is 118 cm³/mol. The molecule has 0 radical (unpaired) electrons. The van der Waals surface area contributed by atoms with Crippen LogP contribution < -0.4 is 5.32 Å². The highest BCUT2D eigenvalue weighted by molar-refractivity contribution is 6.30. The molecule has 3 aromatic carbocycles. The molecule has 1 amide bonds. The third kappa shape index (κ3) is 4.17. The summed E-state index contributed by atoms with van der Waals surface area (Å²) in [6.45, 7) is 6.44. The molecule has 0 saturated carbocycles. The number of hydrogen-bond acceptors (Lipinski definition) is 3. The van der Waals surface area contributed by atoms with Gasteiger partial charge in [0.15, 0.2) is 5.58 Å². The number of amides is 1. The van der Waals surface area contributed by atoms with Gasteiger partial charge in [-0.3, -0.25) is 4.79 Å². The number of carbonyl (C=O) groups is 1. The van der Waals surface area contributed by atoms with Crippen molar-refractivity contribution in [2.24, 2.45) is 0 Å². The molecule has 0 atom stereocenters. The Morgan fingerprint density at radius 2 is 1.66 bits per heavy atom. The lowest BCUT2D eigenvalue weighted by atomic mass is 9.87. The summed E-state index contributed by atoms with van der Waals surface area (Å²) in [6, 6.07) is 20.4. The van der Waals surface area contributed by atoms with E-state index in [9.17, 15) is 4.79 Å². The Morgan fingerprint density at radius 1 is 0.966 bits per heavy atom. The van der Waals surface area contributed by atoms with E-state index in [1.807, 2.05) is 36.4 Å². The monoisotopic (exact) mass is 404 g/mol. The summed E-state index contributed by atoms with van der Waals surface area (Å²) in [4.78, 5) is 17.1. The second-order valence-electron chi connectivity index (χ2n) is 7.99. The van der Waals surface area contributed by atoms with Gasteiger partial charge in [0.2, 0.25) is 5.89 Å². The van der Waals surface area contributed by atoms with E-state index >= 15 is 0 Å². The van der Waals surface area contributed by atoms with E-state index in [2.05, 4.69) is 31.1 Å². The number of carbonyl (C=O) groups excluding carboxylic acids is 1. The van der Waals surface area contributed by atoms with Crippen LogP contribution in [0.2, 0.25) is 5.02 Å². The van der Waals surface area contributed by atoms with Crippen molar-refractivity contribution in [1.29, 1.82) is 0 Å². The van der Waals surface area contributed by atoms with Gasteiger partial charge in [0.25, 0.3) is 5.91 Å². The second-order valence-corrected chi connectivity index (χ2v) is 8.43. The standard InChI is InChI=1S/C24H21ClN2O2/c1-24(2,3)17-8-4-15(5-9-17)22(28)26-19-12-13-21-20(14-19)27-23(29-21)16-6-10-18(25)11-7-16/h4-14H,1-3H3,(H,26,28). The molecule has 0 saturated heterocycles. The number of benzene rings is 3. The summed E-state index contributed by atoms with van der Waals surface area (Å²) in [5.74, 6) is 0.351. The zero-order valence-electron chi connectivity index (χ0n) is 16.5. The Bertz CT molecular complexity index is 1170. The number of rotatable bonds is 3. The van der Waals surface area contributed by atoms with Gasteiger partial charge < -0.3 is 9.73 Å². The number of nitrogens with zero attached hydrogens (tertiary/aromatic N) is 1. The molecule has 1 N–H and O–H groups in total. The van der Waals surface area contributed by atoms with Gasteiger partial charge in [-0.15, -0.1) is 0 Å². The zero-order valence-corrected chi connectivity index (χ0v) is 17.2. The number of fused-ring (bicyclic) bond motifs is 1. The van der Waals surface area contributed by atoms with Crippen molar-refractivity contribution in [3.63, 3.8) is 0 Å². The first kappa shape index (κ1) is 19.2. The Balaban J connectivity index is 1.55. The van der Waals surface area contributed by atoms with Crippen molar-refractivity contribution in [3.8, 4) is 11.5 Å². The maximum atomic E-state index is 12.6. The minimum absolute atomic E-state index is 0.0504. The molecule has 0 aliphatic heterocycles. The molecule has 4 rings (SSSR count). The summed E-state index contributed by atoms with van der Waals surface area (Å²) < 4.78 is 5.82. The maximum Gasteiger partial charge on any atom is 0.255 e. The van der Waals surface area contributed by atoms with E-state index < -0.39 is 0 Å². The molecule has 0 bridgehead atoms. The van der Waals surface area contributed by atoms with Crippen LogP contribution in [0.5, 0.6) is 0 Å². The molecule has 4 aromatic rings. The normalized spacial score (nSPS) is 11.6. The third-order valence-corrected chi connectivity index (χ3v) is 5.00. The summed E-state index contributed by atoms with van der Waals surface area (Å²) in [6.07, 6.45) is 0. The van der Waals surface area contributed by atoms with E-state index in [1.165, 1.54) is 5.56 Å². The van der Waals surface area contributed by atoms with Gasteiger partial charge in [0.05, 0.1) is 0 Å². The summed E-state index contributed by atoms with van der Waals surface area (Å²) in [5, 5.41) is 3.58. The number of anilines is 1. The fourth-order valence-electron chi connectivity index (χ4n) is 3.05. The van der Waals surface area contributed by atoms with Crippen LogP contribution >= 0.6 is 11.6 Å². The molecule has 0 fully saturated rings. The van der Waals surface area contributed by atoms with Crippen LogP contribution in [0.3, 0.4) is 0 Å².